The summed E-state index contributed by atoms with van der Waals surface area (Å²) in [6, 6.07) is 13.4. The maximum atomic E-state index is 12.4. The Bertz CT molecular complexity index is 937. The molecule has 0 bridgehead atoms. The molecule has 1 unspecified atom stereocenters. The molecule has 0 N–H and O–H groups in total. The summed E-state index contributed by atoms with van der Waals surface area (Å²) in [6.07, 6.45) is 2.03. The van der Waals surface area contributed by atoms with E-state index in [0.717, 1.165) is 16.4 Å². The second-order valence-corrected chi connectivity index (χ2v) is 5.52. The van der Waals surface area contributed by atoms with Crippen LogP contribution in [-0.4, -0.2) is 23.1 Å². The van der Waals surface area contributed by atoms with Gasteiger partial charge in [-0.15, -0.1) is 0 Å². The van der Waals surface area contributed by atoms with E-state index in [-0.39, 0.29) is 12.1 Å². The van der Waals surface area contributed by atoms with Gasteiger partial charge in [-0.2, -0.15) is 5.26 Å². The van der Waals surface area contributed by atoms with Gasteiger partial charge in [-0.3, -0.25) is 0 Å². The first-order valence-corrected chi connectivity index (χ1v) is 7.89. The maximum absolute atomic E-state index is 12.4. The van der Waals surface area contributed by atoms with Crippen molar-refractivity contribution in [3.8, 4) is 11.8 Å². The maximum Gasteiger partial charge on any atom is 0.340 e. The molecule has 24 heavy (non-hydrogen) atoms. The number of pyridine rings is 1. The van der Waals surface area contributed by atoms with Crippen molar-refractivity contribution in [2.24, 2.45) is 0 Å². The second kappa shape index (κ2) is 6.63. The summed E-state index contributed by atoms with van der Waals surface area (Å²) in [7, 11) is 0. The predicted molar refractivity (Wildman–Crippen MR) is 91.2 cm³/mol. The number of nitrogens with zero attached hydrogens (tertiary/aromatic N) is 2. The minimum absolute atomic E-state index is 0.191. The number of rotatable bonds is 5. The van der Waals surface area contributed by atoms with Crippen molar-refractivity contribution in [2.45, 2.75) is 26.4 Å². The topological polar surface area (TPSA) is 63.7 Å². The number of nitriles is 1. The minimum Gasteiger partial charge on any atom is -0.490 e. The Morgan fingerprint density at radius 2 is 2.12 bits per heavy atom. The first-order chi connectivity index (χ1) is 11.7. The molecule has 5 heteroatoms. The number of ether oxygens (including phenoxy) is 2. The van der Waals surface area contributed by atoms with Crippen molar-refractivity contribution >= 4 is 22.4 Å². The molecule has 0 aliphatic carbocycles. The van der Waals surface area contributed by atoms with Gasteiger partial charge >= 0.3 is 5.97 Å². The monoisotopic (exact) mass is 322 g/mol. The van der Waals surface area contributed by atoms with Crippen molar-refractivity contribution < 1.29 is 14.3 Å². The van der Waals surface area contributed by atoms with E-state index in [2.05, 4.69) is 6.07 Å². The lowest BCUT2D eigenvalue weighted by Crippen LogP contribution is -2.10. The number of hydrogen-bond acceptors (Lipinski definition) is 4. The molecule has 0 spiro atoms. The minimum atomic E-state index is -0.331. The van der Waals surface area contributed by atoms with Crippen LogP contribution in [0.1, 0.15) is 30.6 Å². The molecule has 1 aromatic carbocycles. The van der Waals surface area contributed by atoms with Crippen LogP contribution in [0.2, 0.25) is 0 Å². The van der Waals surface area contributed by atoms with Gasteiger partial charge in [0.25, 0.3) is 0 Å². The molecule has 0 radical (unpaired) electrons. The van der Waals surface area contributed by atoms with Crippen molar-refractivity contribution in [3.63, 3.8) is 0 Å². The van der Waals surface area contributed by atoms with E-state index in [1.165, 1.54) is 0 Å². The molecule has 0 amide bonds. The lowest BCUT2D eigenvalue weighted by Gasteiger charge is -2.11. The molecule has 2 heterocycles. The van der Waals surface area contributed by atoms with E-state index in [4.69, 9.17) is 14.7 Å². The zero-order valence-electron chi connectivity index (χ0n) is 13.7. The van der Waals surface area contributed by atoms with E-state index in [9.17, 15) is 4.79 Å². The molecular weight excluding hydrogens is 304 g/mol. The summed E-state index contributed by atoms with van der Waals surface area (Å²) in [6.45, 7) is 3.98. The number of carbonyl (C=O) groups is 1. The first-order valence-electron chi connectivity index (χ1n) is 7.89. The quantitative estimate of drug-likeness (QED) is 0.667. The average molecular weight is 322 g/mol. The predicted octanol–water partition coefficient (Wildman–Crippen LogP) is 3.95. The van der Waals surface area contributed by atoms with Crippen LogP contribution >= 0.6 is 0 Å². The summed E-state index contributed by atoms with van der Waals surface area (Å²) < 4.78 is 12.9. The largest absolute Gasteiger partial charge is 0.490 e. The van der Waals surface area contributed by atoms with Crippen LogP contribution < -0.4 is 4.74 Å². The lowest BCUT2D eigenvalue weighted by atomic mass is 10.1. The number of hydrogen-bond donors (Lipinski definition) is 0. The van der Waals surface area contributed by atoms with Gasteiger partial charge in [0.1, 0.15) is 11.9 Å². The molecule has 1 atom stereocenters. The molecule has 0 fully saturated rings. The number of aromatic nitrogens is 1. The van der Waals surface area contributed by atoms with E-state index in [1.54, 1.807) is 6.92 Å². The highest BCUT2D eigenvalue weighted by Crippen LogP contribution is 2.30. The van der Waals surface area contributed by atoms with Gasteiger partial charge in [-0.05, 0) is 38.1 Å². The number of fused-ring (bicyclic) bond motifs is 3. The zero-order chi connectivity index (χ0) is 17.1. The van der Waals surface area contributed by atoms with Gasteiger partial charge in [0.2, 0.25) is 0 Å². The summed E-state index contributed by atoms with van der Waals surface area (Å²) in [5.74, 6) is 0.339. The van der Waals surface area contributed by atoms with Gasteiger partial charge in [0.15, 0.2) is 0 Å². The molecule has 122 valence electrons. The Morgan fingerprint density at radius 3 is 2.88 bits per heavy atom. The summed E-state index contributed by atoms with van der Waals surface area (Å²) >= 11 is 0. The van der Waals surface area contributed by atoms with Crippen LogP contribution in [0, 0.1) is 11.3 Å². The molecule has 3 rings (SSSR count). The van der Waals surface area contributed by atoms with Crippen LogP contribution in [0.15, 0.2) is 42.6 Å². The van der Waals surface area contributed by atoms with Gasteiger partial charge in [-0.1, -0.05) is 6.07 Å². The third-order valence-corrected chi connectivity index (χ3v) is 3.81. The Hall–Kier alpha value is -3.00. The molecule has 5 nitrogen and oxygen atoms in total. The van der Waals surface area contributed by atoms with Crippen molar-refractivity contribution in [2.75, 3.05) is 6.61 Å². The molecule has 0 aliphatic heterocycles. The summed E-state index contributed by atoms with van der Waals surface area (Å²) in [5, 5.41) is 9.58. The molecule has 0 saturated carbocycles. The lowest BCUT2D eigenvalue weighted by molar-refractivity contribution is 0.0531. The smallest absolute Gasteiger partial charge is 0.340 e. The third kappa shape index (κ3) is 2.79. The summed E-state index contributed by atoms with van der Waals surface area (Å²) in [5.41, 5.74) is 2.23. The van der Waals surface area contributed by atoms with Gasteiger partial charge < -0.3 is 13.9 Å². The van der Waals surface area contributed by atoms with Gasteiger partial charge in [0.05, 0.1) is 35.7 Å². The standard InChI is InChI=1S/C19H18N2O3/c1-3-23-19(22)18-15-8-7-14(24-13(2)9-10-20)12-17(15)21-11-5-4-6-16(18)21/h4-8,11-13H,3,9H2,1-2H3. The fraction of sp³-hybridized carbons (Fsp3) is 0.263. The van der Waals surface area contributed by atoms with E-state index in [0.29, 0.717) is 24.3 Å². The van der Waals surface area contributed by atoms with E-state index in [1.807, 2.05) is 53.9 Å². The Morgan fingerprint density at radius 1 is 1.29 bits per heavy atom. The van der Waals surface area contributed by atoms with Crippen LogP contribution in [-0.2, 0) is 4.74 Å². The Labute approximate surface area is 140 Å². The van der Waals surface area contributed by atoms with Gasteiger partial charge in [0, 0.05) is 17.6 Å². The van der Waals surface area contributed by atoms with Crippen molar-refractivity contribution in [3.05, 3.63) is 48.2 Å². The van der Waals surface area contributed by atoms with Crippen molar-refractivity contribution in [1.82, 2.24) is 4.40 Å². The highest BCUT2D eigenvalue weighted by molar-refractivity contribution is 6.11. The van der Waals surface area contributed by atoms with E-state index >= 15 is 0 Å². The number of carbonyl (C=O) groups excluding carboxylic acids is 1. The highest BCUT2D eigenvalue weighted by atomic mass is 16.5. The van der Waals surface area contributed by atoms with Crippen LogP contribution in [0.4, 0.5) is 0 Å². The fourth-order valence-corrected chi connectivity index (χ4v) is 2.81. The molecule has 0 saturated heterocycles. The molecule has 0 aliphatic rings. The zero-order valence-corrected chi connectivity index (χ0v) is 13.7. The number of esters is 1. The van der Waals surface area contributed by atoms with Crippen LogP contribution in [0.3, 0.4) is 0 Å². The fourth-order valence-electron chi connectivity index (χ4n) is 2.81. The molecule has 3 aromatic rings. The van der Waals surface area contributed by atoms with E-state index < -0.39 is 0 Å². The first kappa shape index (κ1) is 15.9. The number of benzene rings is 1. The second-order valence-electron chi connectivity index (χ2n) is 5.52. The molecule has 2 aromatic heterocycles. The van der Waals surface area contributed by atoms with Crippen LogP contribution in [0.5, 0.6) is 5.75 Å². The highest BCUT2D eigenvalue weighted by Gasteiger charge is 2.19. The average Bonchev–Trinajstić information content (AvgIpc) is 2.89. The SMILES string of the molecule is CCOC(=O)c1c2ccc(OC(C)CC#N)cc2n2ccccc12. The van der Waals surface area contributed by atoms with Gasteiger partial charge in [-0.25, -0.2) is 4.79 Å². The normalized spacial score (nSPS) is 12.0. The van der Waals surface area contributed by atoms with Crippen molar-refractivity contribution in [1.29, 1.82) is 5.26 Å². The summed E-state index contributed by atoms with van der Waals surface area (Å²) in [4.78, 5) is 12.4. The molecular formula is C19H18N2O3. The van der Waals surface area contributed by atoms with Crippen LogP contribution in [0.25, 0.3) is 16.4 Å². The third-order valence-electron chi connectivity index (χ3n) is 3.81. The Kier molecular flexibility index (Phi) is 4.39. The Balaban J connectivity index is 2.15.